The quantitative estimate of drug-likeness (QED) is 0.350. The summed E-state index contributed by atoms with van der Waals surface area (Å²) in [6.07, 6.45) is 0. The molecule has 0 spiro atoms. The van der Waals surface area contributed by atoms with E-state index in [-0.39, 0.29) is 11.9 Å². The molecule has 3 N–H and O–H groups in total. The predicted octanol–water partition coefficient (Wildman–Crippen LogP) is -2.11. The maximum atomic E-state index is 10.8. The lowest BCUT2D eigenvalue weighted by Gasteiger charge is -2.01. The van der Waals surface area contributed by atoms with E-state index in [0.717, 1.165) is 0 Å². The Labute approximate surface area is 52.6 Å². The lowest BCUT2D eigenvalue weighted by Crippen LogP contribution is -2.83. The van der Waals surface area contributed by atoms with E-state index in [1.165, 1.54) is 0 Å². The molecule has 0 aliphatic carbocycles. The second-order valence-electron chi connectivity index (χ2n) is 2.55. The molecule has 4 heteroatoms. The van der Waals surface area contributed by atoms with Crippen LogP contribution in [0.3, 0.4) is 0 Å². The van der Waals surface area contributed by atoms with Crippen LogP contribution in [0.4, 0.5) is 0 Å². The molecule has 0 atom stereocenters. The van der Waals surface area contributed by atoms with Crippen LogP contribution in [0.15, 0.2) is 0 Å². The average Bonchev–Trinajstić information content (AvgIpc) is 1.79. The second-order valence-corrected chi connectivity index (χ2v) is 2.55. The molecule has 0 radical (unpaired) electrons. The van der Waals surface area contributed by atoms with Gasteiger partial charge in [-0.15, -0.1) is 0 Å². The first-order valence-corrected chi connectivity index (χ1v) is 2.68. The summed E-state index contributed by atoms with van der Waals surface area (Å²) in [6, 6.07) is -0.162. The molecule has 50 valence electrons. The molecule has 0 fully saturated rings. The lowest BCUT2D eigenvalue weighted by atomic mass is 10.1. The van der Waals surface area contributed by atoms with Crippen LogP contribution in [0.25, 0.3) is 0 Å². The minimum absolute atomic E-state index is 0.162. The van der Waals surface area contributed by atoms with Gasteiger partial charge in [0.1, 0.15) is 0 Å². The van der Waals surface area contributed by atoms with Crippen molar-refractivity contribution in [3.05, 3.63) is 0 Å². The van der Waals surface area contributed by atoms with Crippen molar-refractivity contribution >= 4 is 11.9 Å². The number of amidine groups is 1. The number of hydrogen-bond donors (Lipinski definition) is 3. The highest BCUT2D eigenvalue weighted by molar-refractivity contribution is 5.98. The summed E-state index contributed by atoms with van der Waals surface area (Å²) < 4.78 is 0. The number of aliphatic hydroxyl groups excluding tert-OH is 1. The minimum Gasteiger partial charge on any atom is -0.447 e. The van der Waals surface area contributed by atoms with E-state index in [2.05, 4.69) is 10.3 Å². The van der Waals surface area contributed by atoms with Gasteiger partial charge in [0, 0.05) is 0 Å². The number of hydrogen-bond acceptors (Lipinski definition) is 1. The van der Waals surface area contributed by atoms with Crippen LogP contribution in [-0.4, -0.2) is 22.6 Å². The van der Waals surface area contributed by atoms with Crippen molar-refractivity contribution in [3.8, 4) is 0 Å². The molecule has 1 rings (SSSR count). The van der Waals surface area contributed by atoms with E-state index >= 15 is 0 Å². The average molecular weight is 129 g/mol. The van der Waals surface area contributed by atoms with Gasteiger partial charge in [-0.05, 0) is 13.8 Å². The predicted molar refractivity (Wildman–Crippen MR) is 30.8 cm³/mol. The summed E-state index contributed by atoms with van der Waals surface area (Å²) in [6.45, 7) is 3.37. The van der Waals surface area contributed by atoms with Crippen LogP contribution in [0.2, 0.25) is 0 Å². The molecule has 1 aliphatic rings. The van der Waals surface area contributed by atoms with Gasteiger partial charge in [-0.3, -0.25) is 0 Å². The van der Waals surface area contributed by atoms with E-state index in [1.807, 2.05) is 0 Å². The first kappa shape index (κ1) is 6.07. The number of carbonyl (C=O) groups is 1. The fourth-order valence-corrected chi connectivity index (χ4v) is 0.648. The van der Waals surface area contributed by atoms with Gasteiger partial charge in [0.25, 0.3) is 0 Å². The zero-order valence-corrected chi connectivity index (χ0v) is 5.36. The Bertz CT molecular complexity index is 183. The molecule has 1 amide bonds. The third-order valence-corrected chi connectivity index (χ3v) is 1.23. The topological polar surface area (TPSA) is 63.3 Å². The standard InChI is InChI=1S/C5H8N2O2/c1-5(2)3(8)6-4(9)7-5/h1-2H3,(H2,6,7,8,9)/p+1. The molecule has 0 aromatic rings. The third-order valence-electron chi connectivity index (χ3n) is 1.23. The van der Waals surface area contributed by atoms with Crippen LogP contribution >= 0.6 is 0 Å². The Balaban J connectivity index is 2.89. The fourth-order valence-electron chi connectivity index (χ4n) is 0.648. The fraction of sp³-hybridized carbons (Fsp3) is 0.600. The van der Waals surface area contributed by atoms with Crippen LogP contribution in [0.5, 0.6) is 0 Å². The van der Waals surface area contributed by atoms with E-state index in [0.29, 0.717) is 0 Å². The molecule has 1 heterocycles. The molecule has 0 bridgehead atoms. The Kier molecular flexibility index (Phi) is 0.986. The van der Waals surface area contributed by atoms with Gasteiger partial charge in [-0.2, -0.15) is 5.32 Å². The summed E-state index contributed by atoms with van der Waals surface area (Å²) in [7, 11) is 0. The van der Waals surface area contributed by atoms with Crippen LogP contribution < -0.4 is 10.3 Å². The molecule has 4 nitrogen and oxygen atoms in total. The maximum Gasteiger partial charge on any atom is 0.448 e. The van der Waals surface area contributed by atoms with Gasteiger partial charge in [-0.1, -0.05) is 0 Å². The monoisotopic (exact) mass is 129 g/mol. The van der Waals surface area contributed by atoms with Crippen LogP contribution in [0, 0.1) is 0 Å². The van der Waals surface area contributed by atoms with E-state index in [1.54, 1.807) is 13.8 Å². The number of carbonyl (C=O) groups excluding carboxylic acids is 1. The highest BCUT2D eigenvalue weighted by Crippen LogP contribution is 1.94. The summed E-state index contributed by atoms with van der Waals surface area (Å²) >= 11 is 0. The van der Waals surface area contributed by atoms with Crippen LogP contribution in [0.1, 0.15) is 13.8 Å². The summed E-state index contributed by atoms with van der Waals surface area (Å²) in [5.74, 6) is -0.208. The minimum atomic E-state index is -0.663. The summed E-state index contributed by atoms with van der Waals surface area (Å²) in [4.78, 5) is 13.3. The van der Waals surface area contributed by atoms with Crippen molar-refractivity contribution in [1.29, 1.82) is 0 Å². The Hall–Kier alpha value is -1.06. The SMILES string of the molecule is CC1(C)[NH+]=C(O)NC1=O. The van der Waals surface area contributed by atoms with Crippen LogP contribution in [-0.2, 0) is 4.79 Å². The van der Waals surface area contributed by atoms with Gasteiger partial charge in [0.15, 0.2) is 0 Å². The molecular weight excluding hydrogens is 120 g/mol. The van der Waals surface area contributed by atoms with E-state index in [9.17, 15) is 4.79 Å². The first-order valence-electron chi connectivity index (χ1n) is 2.68. The Morgan fingerprint density at radius 3 is 2.33 bits per heavy atom. The van der Waals surface area contributed by atoms with Gasteiger partial charge >= 0.3 is 11.9 Å². The van der Waals surface area contributed by atoms with Gasteiger partial charge < -0.3 is 5.11 Å². The molecule has 0 saturated carbocycles. The Morgan fingerprint density at radius 2 is 2.22 bits per heavy atom. The molecule has 9 heavy (non-hydrogen) atoms. The number of amides is 1. The highest BCUT2D eigenvalue weighted by atomic mass is 16.3. The van der Waals surface area contributed by atoms with Crippen molar-refractivity contribution in [3.63, 3.8) is 0 Å². The van der Waals surface area contributed by atoms with E-state index in [4.69, 9.17) is 5.11 Å². The zero-order valence-electron chi connectivity index (χ0n) is 5.36. The van der Waals surface area contributed by atoms with E-state index < -0.39 is 5.54 Å². The van der Waals surface area contributed by atoms with Crippen molar-refractivity contribution in [2.24, 2.45) is 0 Å². The number of nitrogens with one attached hydrogen (secondary N) is 2. The highest BCUT2D eigenvalue weighted by Gasteiger charge is 2.41. The largest absolute Gasteiger partial charge is 0.448 e. The first-order chi connectivity index (χ1) is 4.02. The number of rotatable bonds is 0. The smallest absolute Gasteiger partial charge is 0.447 e. The summed E-state index contributed by atoms with van der Waals surface area (Å²) in [5, 5.41) is 10.9. The zero-order chi connectivity index (χ0) is 7.07. The Morgan fingerprint density at radius 1 is 1.67 bits per heavy atom. The molecule has 0 aromatic carbocycles. The van der Waals surface area contributed by atoms with Gasteiger partial charge in [0.05, 0.1) is 0 Å². The normalized spacial score (nSPS) is 23.3. The molecular formula is C5H9N2O2+. The molecule has 1 aliphatic heterocycles. The second kappa shape index (κ2) is 1.46. The maximum absolute atomic E-state index is 10.8. The van der Waals surface area contributed by atoms with Crippen molar-refractivity contribution in [1.82, 2.24) is 5.32 Å². The molecule has 0 aromatic heterocycles. The molecule has 0 unspecified atom stereocenters. The lowest BCUT2D eigenvalue weighted by molar-refractivity contribution is -0.525. The van der Waals surface area contributed by atoms with Crippen molar-refractivity contribution in [2.75, 3.05) is 0 Å². The third kappa shape index (κ3) is 0.872. The van der Waals surface area contributed by atoms with Crippen molar-refractivity contribution in [2.45, 2.75) is 19.4 Å². The molecule has 0 saturated heterocycles. The van der Waals surface area contributed by atoms with Gasteiger partial charge in [-0.25, -0.2) is 9.79 Å². The summed E-state index contributed by atoms with van der Waals surface area (Å²) in [5.41, 5.74) is -0.663. The van der Waals surface area contributed by atoms with Gasteiger partial charge in [0.2, 0.25) is 5.54 Å². The number of aliphatic hydroxyl groups is 1. The van der Waals surface area contributed by atoms with Crippen molar-refractivity contribution < 1.29 is 14.9 Å².